The summed E-state index contributed by atoms with van der Waals surface area (Å²) in [4.78, 5) is 21.9. The summed E-state index contributed by atoms with van der Waals surface area (Å²) < 4.78 is 9.77. The van der Waals surface area contributed by atoms with Crippen molar-refractivity contribution in [1.29, 1.82) is 0 Å². The van der Waals surface area contributed by atoms with Crippen molar-refractivity contribution in [3.05, 3.63) is 27.8 Å². The first-order chi connectivity index (χ1) is 8.06. The van der Waals surface area contributed by atoms with Crippen molar-refractivity contribution < 1.29 is 19.2 Å². The fourth-order valence-corrected chi connectivity index (χ4v) is 1.44. The minimum absolute atomic E-state index is 0.00685. The van der Waals surface area contributed by atoms with Crippen LogP contribution in [0.3, 0.4) is 0 Å². The Kier molecular flexibility index (Phi) is 4.00. The molecule has 1 aromatic rings. The van der Waals surface area contributed by atoms with Crippen LogP contribution in [-0.4, -0.2) is 31.5 Å². The summed E-state index contributed by atoms with van der Waals surface area (Å²) >= 11 is 0. The fourth-order valence-electron chi connectivity index (χ4n) is 1.44. The number of rotatable bonds is 5. The Balaban J connectivity index is 3.58. The van der Waals surface area contributed by atoms with E-state index in [-0.39, 0.29) is 23.6 Å². The van der Waals surface area contributed by atoms with Gasteiger partial charge in [0, 0.05) is 0 Å². The van der Waals surface area contributed by atoms with Gasteiger partial charge >= 0.3 is 5.69 Å². The van der Waals surface area contributed by atoms with E-state index >= 15 is 0 Å². The van der Waals surface area contributed by atoms with Gasteiger partial charge < -0.3 is 15.2 Å². The predicted molar refractivity (Wildman–Crippen MR) is 59.6 cm³/mol. The Hall–Kier alpha value is -2.15. The SMILES string of the molecule is COc1ccc(OC)c([N+](=O)[O-])c1C(=O)CN. The van der Waals surface area contributed by atoms with E-state index in [2.05, 4.69) is 0 Å². The molecule has 0 saturated heterocycles. The largest absolute Gasteiger partial charge is 0.496 e. The van der Waals surface area contributed by atoms with E-state index in [0.717, 1.165) is 0 Å². The molecule has 1 aromatic carbocycles. The molecule has 1 rings (SSSR count). The van der Waals surface area contributed by atoms with Crippen molar-refractivity contribution in [2.45, 2.75) is 0 Å². The second-order valence-corrected chi connectivity index (χ2v) is 3.08. The van der Waals surface area contributed by atoms with Crippen LogP contribution in [0.15, 0.2) is 12.1 Å². The van der Waals surface area contributed by atoms with Gasteiger partial charge in [0.05, 0.1) is 25.7 Å². The second-order valence-electron chi connectivity index (χ2n) is 3.08. The number of ketones is 1. The maximum Gasteiger partial charge on any atom is 0.325 e. The van der Waals surface area contributed by atoms with E-state index in [9.17, 15) is 14.9 Å². The van der Waals surface area contributed by atoms with E-state index in [0.29, 0.717) is 0 Å². The fraction of sp³-hybridized carbons (Fsp3) is 0.300. The monoisotopic (exact) mass is 240 g/mol. The van der Waals surface area contributed by atoms with Gasteiger partial charge in [-0.25, -0.2) is 0 Å². The maximum absolute atomic E-state index is 11.6. The number of nitrogens with zero attached hydrogens (tertiary/aromatic N) is 1. The highest BCUT2D eigenvalue weighted by atomic mass is 16.6. The van der Waals surface area contributed by atoms with Gasteiger partial charge in [0.15, 0.2) is 11.5 Å². The van der Waals surface area contributed by atoms with Gasteiger partial charge in [0.25, 0.3) is 0 Å². The maximum atomic E-state index is 11.6. The van der Waals surface area contributed by atoms with E-state index in [4.69, 9.17) is 15.2 Å². The summed E-state index contributed by atoms with van der Waals surface area (Å²) in [7, 11) is 2.60. The number of hydrogen-bond donors (Lipinski definition) is 1. The molecule has 7 nitrogen and oxygen atoms in total. The van der Waals surface area contributed by atoms with Gasteiger partial charge in [-0.15, -0.1) is 0 Å². The van der Waals surface area contributed by atoms with Crippen molar-refractivity contribution in [3.8, 4) is 11.5 Å². The van der Waals surface area contributed by atoms with Gasteiger partial charge in [-0.05, 0) is 12.1 Å². The van der Waals surface area contributed by atoms with Crippen molar-refractivity contribution in [2.75, 3.05) is 20.8 Å². The summed E-state index contributed by atoms with van der Waals surface area (Å²) in [5.74, 6) is -0.479. The summed E-state index contributed by atoms with van der Waals surface area (Å²) in [5.41, 5.74) is 4.62. The molecule has 7 heteroatoms. The number of methoxy groups -OCH3 is 2. The number of nitro groups is 1. The van der Waals surface area contributed by atoms with Crippen LogP contribution in [0.1, 0.15) is 10.4 Å². The molecule has 0 atom stereocenters. The quantitative estimate of drug-likeness (QED) is 0.462. The first-order valence-corrected chi connectivity index (χ1v) is 4.69. The molecule has 0 aliphatic rings. The van der Waals surface area contributed by atoms with Gasteiger partial charge in [-0.3, -0.25) is 14.9 Å². The molecule has 0 aliphatic heterocycles. The third-order valence-electron chi connectivity index (χ3n) is 2.19. The molecule has 2 N–H and O–H groups in total. The van der Waals surface area contributed by atoms with Gasteiger partial charge in [0.1, 0.15) is 11.3 Å². The average Bonchev–Trinajstić information content (AvgIpc) is 2.35. The Bertz CT molecular complexity index is 458. The second kappa shape index (κ2) is 5.26. The number of carbonyl (C=O) groups excluding carboxylic acids is 1. The van der Waals surface area contributed by atoms with Crippen LogP contribution in [-0.2, 0) is 0 Å². The number of benzene rings is 1. The molecule has 0 unspecified atom stereocenters. The third kappa shape index (κ3) is 2.34. The summed E-state index contributed by atoms with van der Waals surface area (Å²) in [5, 5.41) is 11.0. The smallest absolute Gasteiger partial charge is 0.325 e. The molecule has 0 heterocycles. The average molecular weight is 240 g/mol. The zero-order valence-corrected chi connectivity index (χ0v) is 9.43. The first kappa shape index (κ1) is 12.9. The Labute approximate surface area is 97.3 Å². The molecule has 0 aliphatic carbocycles. The zero-order chi connectivity index (χ0) is 13.0. The lowest BCUT2D eigenvalue weighted by atomic mass is 10.1. The van der Waals surface area contributed by atoms with Crippen LogP contribution in [0.4, 0.5) is 5.69 Å². The Morgan fingerprint density at radius 3 is 2.29 bits per heavy atom. The number of nitro benzene ring substituents is 1. The van der Waals surface area contributed by atoms with Crippen molar-refractivity contribution in [2.24, 2.45) is 5.73 Å². The molecule has 17 heavy (non-hydrogen) atoms. The highest BCUT2D eigenvalue weighted by Gasteiger charge is 2.28. The molecule has 0 aromatic heterocycles. The van der Waals surface area contributed by atoms with Crippen molar-refractivity contribution in [1.82, 2.24) is 0 Å². The molecule has 0 fully saturated rings. The minimum atomic E-state index is -0.690. The van der Waals surface area contributed by atoms with Gasteiger partial charge in [0.2, 0.25) is 0 Å². The highest BCUT2D eigenvalue weighted by molar-refractivity contribution is 6.04. The number of nitrogens with two attached hydrogens (primary N) is 1. The molecule has 0 bridgehead atoms. The van der Waals surface area contributed by atoms with Crippen LogP contribution in [0.5, 0.6) is 11.5 Å². The van der Waals surface area contributed by atoms with E-state index < -0.39 is 16.4 Å². The number of Topliss-reactive ketones (excluding diaryl/α,β-unsaturated/α-hetero) is 1. The van der Waals surface area contributed by atoms with E-state index in [1.165, 1.54) is 26.4 Å². The summed E-state index contributed by atoms with van der Waals surface area (Å²) in [6, 6.07) is 2.79. The molecular weight excluding hydrogens is 228 g/mol. The lowest BCUT2D eigenvalue weighted by Gasteiger charge is -2.10. The first-order valence-electron chi connectivity index (χ1n) is 4.69. The summed E-state index contributed by atoms with van der Waals surface area (Å²) in [6.07, 6.45) is 0. The minimum Gasteiger partial charge on any atom is -0.496 e. The number of hydrogen-bond acceptors (Lipinski definition) is 6. The lowest BCUT2D eigenvalue weighted by Crippen LogP contribution is -2.16. The number of carbonyl (C=O) groups is 1. The molecular formula is C10H12N2O5. The van der Waals surface area contributed by atoms with Crippen LogP contribution in [0, 0.1) is 10.1 Å². The van der Waals surface area contributed by atoms with Crippen molar-refractivity contribution in [3.63, 3.8) is 0 Å². The Morgan fingerprint density at radius 1 is 1.35 bits per heavy atom. The highest BCUT2D eigenvalue weighted by Crippen LogP contribution is 2.37. The molecule has 0 saturated carbocycles. The molecule has 0 amide bonds. The lowest BCUT2D eigenvalue weighted by molar-refractivity contribution is -0.386. The van der Waals surface area contributed by atoms with Crippen LogP contribution < -0.4 is 15.2 Å². The third-order valence-corrected chi connectivity index (χ3v) is 2.19. The zero-order valence-electron chi connectivity index (χ0n) is 9.43. The molecule has 0 spiro atoms. The van der Waals surface area contributed by atoms with E-state index in [1.54, 1.807) is 0 Å². The van der Waals surface area contributed by atoms with Crippen LogP contribution in [0.2, 0.25) is 0 Å². The summed E-state index contributed by atoms with van der Waals surface area (Å²) in [6.45, 7) is -0.343. The normalized spacial score (nSPS) is 9.82. The molecule has 92 valence electrons. The number of ether oxygens (including phenoxy) is 2. The van der Waals surface area contributed by atoms with E-state index in [1.807, 2.05) is 0 Å². The standard InChI is InChI=1S/C10H12N2O5/c1-16-7-3-4-8(17-2)10(12(14)15)9(7)6(13)5-11/h3-4H,5,11H2,1-2H3. The van der Waals surface area contributed by atoms with Crippen LogP contribution in [0.25, 0.3) is 0 Å². The Morgan fingerprint density at radius 2 is 1.88 bits per heavy atom. The van der Waals surface area contributed by atoms with Gasteiger partial charge in [-0.1, -0.05) is 0 Å². The van der Waals surface area contributed by atoms with Gasteiger partial charge in [-0.2, -0.15) is 0 Å². The topological polar surface area (TPSA) is 105 Å². The predicted octanol–water partition coefficient (Wildman–Crippen LogP) is 0.753. The van der Waals surface area contributed by atoms with Crippen molar-refractivity contribution >= 4 is 11.5 Å². The molecule has 0 radical (unpaired) electrons. The van der Waals surface area contributed by atoms with Crippen LogP contribution >= 0.6 is 0 Å².